The summed E-state index contributed by atoms with van der Waals surface area (Å²) >= 11 is -2.45. The van der Waals surface area contributed by atoms with E-state index in [1.807, 2.05) is 0 Å². The molecule has 0 rings (SSSR count). The average molecular weight is 120 g/mol. The predicted molar refractivity (Wildman–Crippen MR) is 24.9 cm³/mol. The summed E-state index contributed by atoms with van der Waals surface area (Å²) in [4.78, 5) is 0. The molecule has 1 unspecified atom stereocenters. The van der Waals surface area contributed by atoms with Crippen LogP contribution in [0.3, 0.4) is 0 Å². The van der Waals surface area contributed by atoms with Crippen LogP contribution in [0.15, 0.2) is 0 Å². The summed E-state index contributed by atoms with van der Waals surface area (Å²) in [7, 11) is 0. The molecule has 0 radical (unpaired) electrons. The molecule has 0 aliphatic rings. The summed E-state index contributed by atoms with van der Waals surface area (Å²) < 4.78 is 21.0. The van der Waals surface area contributed by atoms with Crippen LogP contribution in [0, 0.1) is 0 Å². The molecule has 5 heteroatoms. The van der Waals surface area contributed by atoms with Gasteiger partial charge >= 0.3 is 44.1 Å². The van der Waals surface area contributed by atoms with Crippen molar-refractivity contribution >= 4 is 31.7 Å². The molecule has 0 aromatic rings. The second kappa shape index (κ2) is 3.50. The van der Waals surface area contributed by atoms with E-state index in [-0.39, 0.29) is 15.0 Å². The van der Waals surface area contributed by atoms with E-state index < -0.39 is 11.3 Å². The number of hydrogen-bond acceptors (Lipinski definition) is 2. The van der Waals surface area contributed by atoms with Crippen molar-refractivity contribution in [1.29, 1.82) is 0 Å². The number of rotatable bonds is 2. The fourth-order valence-corrected chi connectivity index (χ4v) is 0.612. The minimum atomic E-state index is -2.09. The molecule has 0 saturated carbocycles. The van der Waals surface area contributed by atoms with Crippen molar-refractivity contribution in [2.75, 3.05) is 0 Å². The molecule has 3 nitrogen and oxygen atoms in total. The van der Waals surface area contributed by atoms with Crippen molar-refractivity contribution in [2.24, 2.45) is 0 Å². The van der Waals surface area contributed by atoms with Gasteiger partial charge in [0.05, 0.1) is 0 Å². The maximum atomic E-state index is 9.47. The molecule has 0 saturated heterocycles. The molecule has 1 N–H and O–H groups in total. The van der Waals surface area contributed by atoms with Crippen LogP contribution in [-0.4, -0.2) is 29.1 Å². The second-order valence-corrected chi connectivity index (χ2v) is 2.38. The molecule has 0 amide bonds. The standard InChI is InChI=1S/CH2.Al.H2NO2S/c;;1-4(2)3/h1H2;;1H,(H,2,3)/q;+1;-1/p-1. The second-order valence-electron chi connectivity index (χ2n) is 0.557. The maximum absolute atomic E-state index is 9.47. The van der Waals surface area contributed by atoms with E-state index in [1.165, 1.54) is 0 Å². The summed E-state index contributed by atoms with van der Waals surface area (Å²) in [5.74, 6) is 0. The summed E-state index contributed by atoms with van der Waals surface area (Å²) in [6.45, 7) is 0. The van der Waals surface area contributed by atoms with Crippen molar-refractivity contribution in [1.82, 2.24) is 3.71 Å². The van der Waals surface area contributed by atoms with Crippen molar-refractivity contribution in [3.63, 3.8) is 0 Å². The Morgan fingerprint density at radius 1 is 2.00 bits per heavy atom. The Hall–Kier alpha value is 0.312. The third-order valence-corrected chi connectivity index (χ3v) is 1.62. The van der Waals surface area contributed by atoms with E-state index >= 15 is 0 Å². The van der Waals surface area contributed by atoms with Crippen molar-refractivity contribution in [2.45, 2.75) is 0 Å². The predicted octanol–water partition coefficient (Wildman–Crippen LogP) is -1.58. The van der Waals surface area contributed by atoms with Gasteiger partial charge in [0, 0.05) is 0 Å². The Morgan fingerprint density at radius 3 is 2.50 bits per heavy atom. The van der Waals surface area contributed by atoms with Crippen LogP contribution >= 0.6 is 0 Å². The van der Waals surface area contributed by atoms with E-state index in [1.54, 1.807) is 0 Å². The third kappa shape index (κ3) is 4.31. The van der Waals surface area contributed by atoms with E-state index in [0.717, 1.165) is 0 Å². The van der Waals surface area contributed by atoms with Gasteiger partial charge in [0.2, 0.25) is 0 Å². The van der Waals surface area contributed by atoms with Crippen molar-refractivity contribution in [3.8, 4) is 0 Å². The third-order valence-electron chi connectivity index (χ3n) is 0.180. The van der Waals surface area contributed by atoms with Crippen LogP contribution in [0.1, 0.15) is 0 Å². The van der Waals surface area contributed by atoms with Gasteiger partial charge in [-0.05, 0) is 0 Å². The first-order chi connectivity index (χ1) is 2.77. The SMILES string of the molecule is [CH2]=[Al][NH]S(=O)[O-]. The van der Waals surface area contributed by atoms with Crippen LogP contribution in [0.5, 0.6) is 0 Å². The van der Waals surface area contributed by atoms with Crippen LogP contribution in [0.4, 0.5) is 0 Å². The van der Waals surface area contributed by atoms with Gasteiger partial charge in [0.15, 0.2) is 0 Å². The van der Waals surface area contributed by atoms with Crippen molar-refractivity contribution in [3.05, 3.63) is 0 Å². The molecular formula is CH3AlNO2S-. The molecule has 0 spiro atoms. The normalized spacial score (nSPS) is 12.2. The Labute approximate surface area is 44.6 Å². The van der Waals surface area contributed by atoms with Gasteiger partial charge in [0.1, 0.15) is 0 Å². The van der Waals surface area contributed by atoms with E-state index in [0.29, 0.717) is 0 Å². The fraction of sp³-hybridized carbons (Fsp3) is 0. The fourth-order valence-electron chi connectivity index (χ4n) is 0.0680. The topological polar surface area (TPSA) is 52.2 Å². The van der Waals surface area contributed by atoms with Gasteiger partial charge in [0.25, 0.3) is 0 Å². The Balaban J connectivity index is 3.05. The summed E-state index contributed by atoms with van der Waals surface area (Å²) in [5.41, 5.74) is 0. The Kier molecular flexibility index (Phi) is 3.68. The van der Waals surface area contributed by atoms with E-state index in [2.05, 4.69) is 9.09 Å². The molecule has 1 atom stereocenters. The van der Waals surface area contributed by atoms with Gasteiger partial charge in [-0.3, -0.25) is 0 Å². The molecule has 34 valence electrons. The quantitative estimate of drug-likeness (QED) is 0.353. The van der Waals surface area contributed by atoms with Gasteiger partial charge in [-0.25, -0.2) is 0 Å². The van der Waals surface area contributed by atoms with Crippen LogP contribution in [0.25, 0.3) is 0 Å². The van der Waals surface area contributed by atoms with Gasteiger partial charge in [-0.1, -0.05) is 0 Å². The molecule has 0 fully saturated rings. The Morgan fingerprint density at radius 2 is 2.50 bits per heavy atom. The summed E-state index contributed by atoms with van der Waals surface area (Å²) in [6.07, 6.45) is 0. The van der Waals surface area contributed by atoms with Gasteiger partial charge < -0.3 is 0 Å². The van der Waals surface area contributed by atoms with Crippen molar-refractivity contribution < 1.29 is 8.76 Å². The first-order valence-corrected chi connectivity index (χ1v) is 3.70. The van der Waals surface area contributed by atoms with E-state index in [4.69, 9.17) is 0 Å². The number of nitrogens with one attached hydrogen (secondary N) is 1. The molecule has 0 aromatic carbocycles. The molecule has 0 aliphatic heterocycles. The Bertz CT molecular complexity index is 73.9. The molecule has 0 aromatic heterocycles. The molecular weight excluding hydrogens is 117 g/mol. The van der Waals surface area contributed by atoms with Crippen LogP contribution < -0.4 is 3.71 Å². The average Bonchev–Trinajstić information content (AvgIpc) is 1.35. The van der Waals surface area contributed by atoms with Gasteiger partial charge in [-0.15, -0.1) is 0 Å². The molecule has 0 heterocycles. The minimum absolute atomic E-state index is 0.360. The first-order valence-electron chi connectivity index (χ1n) is 1.23. The van der Waals surface area contributed by atoms with Gasteiger partial charge in [-0.2, -0.15) is 0 Å². The zero-order chi connectivity index (χ0) is 4.99. The summed E-state index contributed by atoms with van der Waals surface area (Å²) in [6, 6.07) is 0. The van der Waals surface area contributed by atoms with Crippen LogP contribution in [0.2, 0.25) is 0 Å². The van der Waals surface area contributed by atoms with E-state index in [9.17, 15) is 8.76 Å². The first kappa shape index (κ1) is 6.31. The molecule has 6 heavy (non-hydrogen) atoms. The zero-order valence-corrected chi connectivity index (χ0v) is 4.98. The molecule has 0 bridgehead atoms. The zero-order valence-electron chi connectivity index (χ0n) is 3.01. The number of hydrogen-bond donors (Lipinski definition) is 1. The summed E-state index contributed by atoms with van der Waals surface area (Å²) in [5, 5.41) is 3.30. The monoisotopic (exact) mass is 120 g/mol. The van der Waals surface area contributed by atoms with Crippen LogP contribution in [-0.2, 0) is 11.3 Å². The molecule has 0 aliphatic carbocycles.